The Morgan fingerprint density at radius 3 is 3.23 bits per heavy atom. The number of ether oxygens (including phenoxy) is 3. The van der Waals surface area contributed by atoms with Gasteiger partial charge in [0, 0.05) is 0 Å². The standard InChI is InChI=1S/C9H16O3S/c1-9(11-6-13-2)4-3-7-5-10-8(9)12-7/h7-8H,3-6H2,1-2H3/t7-,8+,9-/m0/s1. The summed E-state index contributed by atoms with van der Waals surface area (Å²) in [5.41, 5.74) is -0.226. The minimum absolute atomic E-state index is 0.140. The first-order chi connectivity index (χ1) is 6.24. The number of thioether (sulfide) groups is 1. The van der Waals surface area contributed by atoms with Gasteiger partial charge in [0.25, 0.3) is 0 Å². The molecule has 0 aromatic carbocycles. The van der Waals surface area contributed by atoms with Crippen LogP contribution in [0.1, 0.15) is 19.8 Å². The molecule has 0 aliphatic carbocycles. The van der Waals surface area contributed by atoms with E-state index in [-0.39, 0.29) is 11.9 Å². The fourth-order valence-electron chi connectivity index (χ4n) is 1.82. The highest BCUT2D eigenvalue weighted by Crippen LogP contribution is 2.37. The first-order valence-corrected chi connectivity index (χ1v) is 6.04. The van der Waals surface area contributed by atoms with Crippen molar-refractivity contribution >= 4 is 11.8 Å². The van der Waals surface area contributed by atoms with E-state index in [1.54, 1.807) is 11.8 Å². The average Bonchev–Trinajstić information content (AvgIpc) is 2.55. The van der Waals surface area contributed by atoms with E-state index in [0.29, 0.717) is 12.0 Å². The van der Waals surface area contributed by atoms with E-state index in [1.165, 1.54) is 0 Å². The molecule has 2 rings (SSSR count). The van der Waals surface area contributed by atoms with E-state index in [4.69, 9.17) is 14.2 Å². The van der Waals surface area contributed by atoms with E-state index in [2.05, 4.69) is 6.92 Å². The fourth-order valence-corrected chi connectivity index (χ4v) is 2.21. The van der Waals surface area contributed by atoms with Crippen LogP contribution >= 0.6 is 11.8 Å². The Kier molecular flexibility index (Phi) is 2.83. The predicted octanol–water partition coefficient (Wildman–Crippen LogP) is 1.62. The van der Waals surface area contributed by atoms with E-state index < -0.39 is 0 Å². The molecule has 3 nitrogen and oxygen atoms in total. The second-order valence-corrected chi connectivity index (χ2v) is 4.64. The van der Waals surface area contributed by atoms with Gasteiger partial charge in [-0.3, -0.25) is 0 Å². The van der Waals surface area contributed by atoms with Crippen molar-refractivity contribution in [3.05, 3.63) is 0 Å². The van der Waals surface area contributed by atoms with E-state index in [9.17, 15) is 0 Å². The minimum atomic E-state index is -0.226. The van der Waals surface area contributed by atoms with Crippen LogP contribution < -0.4 is 0 Å². The van der Waals surface area contributed by atoms with Crippen LogP contribution in [0.15, 0.2) is 0 Å². The van der Waals surface area contributed by atoms with Gasteiger partial charge in [-0.05, 0) is 26.0 Å². The van der Waals surface area contributed by atoms with Gasteiger partial charge >= 0.3 is 0 Å². The number of hydrogen-bond donors (Lipinski definition) is 0. The molecule has 0 spiro atoms. The molecule has 2 heterocycles. The van der Waals surface area contributed by atoms with Gasteiger partial charge in [-0.15, -0.1) is 11.8 Å². The zero-order valence-corrected chi connectivity index (χ0v) is 8.93. The van der Waals surface area contributed by atoms with Crippen molar-refractivity contribution in [1.82, 2.24) is 0 Å². The summed E-state index contributed by atoms with van der Waals surface area (Å²) < 4.78 is 16.9. The van der Waals surface area contributed by atoms with Crippen molar-refractivity contribution < 1.29 is 14.2 Å². The lowest BCUT2D eigenvalue weighted by atomic mass is 9.95. The normalized spacial score (nSPS) is 43.8. The summed E-state index contributed by atoms with van der Waals surface area (Å²) in [7, 11) is 0. The predicted molar refractivity (Wildman–Crippen MR) is 51.7 cm³/mol. The molecule has 2 aliphatic heterocycles. The molecule has 2 bridgehead atoms. The van der Waals surface area contributed by atoms with Crippen molar-refractivity contribution in [2.75, 3.05) is 18.8 Å². The molecular weight excluding hydrogens is 188 g/mol. The van der Waals surface area contributed by atoms with Crippen LogP contribution in [0, 0.1) is 0 Å². The molecule has 2 aliphatic rings. The fraction of sp³-hybridized carbons (Fsp3) is 1.00. The molecule has 0 aromatic rings. The Balaban J connectivity index is 1.96. The maximum absolute atomic E-state index is 5.76. The molecule has 0 aromatic heterocycles. The van der Waals surface area contributed by atoms with Gasteiger partial charge in [0.15, 0.2) is 6.29 Å². The lowest BCUT2D eigenvalue weighted by Crippen LogP contribution is -2.46. The molecule has 0 amide bonds. The zero-order chi connectivity index (χ0) is 9.31. The molecule has 2 saturated heterocycles. The smallest absolute Gasteiger partial charge is 0.186 e. The summed E-state index contributed by atoms with van der Waals surface area (Å²) in [6.45, 7) is 2.82. The molecule has 76 valence electrons. The summed E-state index contributed by atoms with van der Waals surface area (Å²) in [5, 5.41) is 0. The third kappa shape index (κ3) is 1.86. The van der Waals surface area contributed by atoms with Gasteiger partial charge in [-0.2, -0.15) is 0 Å². The second-order valence-electron chi connectivity index (χ2n) is 3.83. The summed E-state index contributed by atoms with van der Waals surface area (Å²) in [6.07, 6.45) is 4.31. The van der Waals surface area contributed by atoms with Crippen LogP contribution in [-0.4, -0.2) is 36.8 Å². The molecule has 0 unspecified atom stereocenters. The van der Waals surface area contributed by atoms with Crippen molar-refractivity contribution in [3.8, 4) is 0 Å². The lowest BCUT2D eigenvalue weighted by Gasteiger charge is -2.37. The number of rotatable bonds is 3. The highest BCUT2D eigenvalue weighted by atomic mass is 32.2. The molecule has 0 N–H and O–H groups in total. The molecule has 13 heavy (non-hydrogen) atoms. The Bertz CT molecular complexity index is 188. The summed E-state index contributed by atoms with van der Waals surface area (Å²) >= 11 is 1.69. The van der Waals surface area contributed by atoms with Crippen LogP contribution in [0.3, 0.4) is 0 Å². The van der Waals surface area contributed by atoms with Crippen LogP contribution in [0.2, 0.25) is 0 Å². The van der Waals surface area contributed by atoms with Gasteiger partial charge in [0.05, 0.1) is 18.6 Å². The molecule has 4 heteroatoms. The first kappa shape index (κ1) is 9.77. The average molecular weight is 204 g/mol. The van der Waals surface area contributed by atoms with Gasteiger partial charge in [-0.1, -0.05) is 0 Å². The van der Waals surface area contributed by atoms with Crippen LogP contribution in [0.4, 0.5) is 0 Å². The Morgan fingerprint density at radius 1 is 1.62 bits per heavy atom. The van der Waals surface area contributed by atoms with E-state index >= 15 is 0 Å². The highest BCUT2D eigenvalue weighted by molar-refractivity contribution is 7.98. The van der Waals surface area contributed by atoms with Crippen molar-refractivity contribution in [2.24, 2.45) is 0 Å². The minimum Gasteiger partial charge on any atom is -0.359 e. The maximum Gasteiger partial charge on any atom is 0.186 e. The molecule has 0 radical (unpaired) electrons. The topological polar surface area (TPSA) is 27.7 Å². The van der Waals surface area contributed by atoms with Crippen molar-refractivity contribution in [3.63, 3.8) is 0 Å². The van der Waals surface area contributed by atoms with Gasteiger partial charge in [-0.25, -0.2) is 0 Å². The molecule has 2 fully saturated rings. The van der Waals surface area contributed by atoms with Crippen LogP contribution in [0.25, 0.3) is 0 Å². The zero-order valence-electron chi connectivity index (χ0n) is 8.12. The monoisotopic (exact) mass is 204 g/mol. The largest absolute Gasteiger partial charge is 0.359 e. The molecule has 3 atom stereocenters. The third-order valence-electron chi connectivity index (χ3n) is 2.72. The van der Waals surface area contributed by atoms with Crippen LogP contribution in [0.5, 0.6) is 0 Å². The van der Waals surface area contributed by atoms with Gasteiger partial charge in [0.1, 0.15) is 5.60 Å². The number of hydrogen-bond acceptors (Lipinski definition) is 4. The first-order valence-electron chi connectivity index (χ1n) is 4.64. The van der Waals surface area contributed by atoms with Crippen molar-refractivity contribution in [2.45, 2.75) is 37.8 Å². The van der Waals surface area contributed by atoms with E-state index in [0.717, 1.165) is 19.4 Å². The Hall–Kier alpha value is 0.230. The van der Waals surface area contributed by atoms with Gasteiger partial charge in [0.2, 0.25) is 0 Å². The summed E-state index contributed by atoms with van der Waals surface area (Å²) in [5.74, 6) is 0.713. The highest BCUT2D eigenvalue weighted by Gasteiger charge is 2.47. The molecular formula is C9H16O3S. The summed E-state index contributed by atoms with van der Waals surface area (Å²) in [4.78, 5) is 0. The Labute approximate surface area is 83.1 Å². The molecule has 0 saturated carbocycles. The van der Waals surface area contributed by atoms with Gasteiger partial charge < -0.3 is 14.2 Å². The van der Waals surface area contributed by atoms with Crippen molar-refractivity contribution in [1.29, 1.82) is 0 Å². The van der Waals surface area contributed by atoms with Crippen LogP contribution in [-0.2, 0) is 14.2 Å². The Morgan fingerprint density at radius 2 is 2.46 bits per heavy atom. The number of fused-ring (bicyclic) bond motifs is 2. The lowest BCUT2D eigenvalue weighted by molar-refractivity contribution is -0.218. The quantitative estimate of drug-likeness (QED) is 0.653. The maximum atomic E-state index is 5.76. The third-order valence-corrected chi connectivity index (χ3v) is 3.07. The summed E-state index contributed by atoms with van der Waals surface area (Å²) in [6, 6.07) is 0. The van der Waals surface area contributed by atoms with E-state index in [1.807, 2.05) is 6.26 Å². The second kappa shape index (κ2) is 3.77. The SMILES string of the molecule is CSCO[C@@]1(C)CC[C@H]2CO[C@@H]1O2.